The molecule has 1 aliphatic rings. The van der Waals surface area contributed by atoms with Gasteiger partial charge in [0.25, 0.3) is 0 Å². The second-order valence-electron chi connectivity index (χ2n) is 4.42. The molecule has 0 amide bonds. The lowest BCUT2D eigenvalue weighted by molar-refractivity contribution is 0.408. The summed E-state index contributed by atoms with van der Waals surface area (Å²) in [6.07, 6.45) is 5.99. The molecule has 3 nitrogen and oxygen atoms in total. The number of aromatic nitrogens is 3. The van der Waals surface area contributed by atoms with E-state index in [1.54, 1.807) is 11.8 Å². The van der Waals surface area contributed by atoms with E-state index in [1.807, 2.05) is 17.7 Å². The van der Waals surface area contributed by atoms with E-state index >= 15 is 0 Å². The standard InChI is InChI=1S/C12H15N3S/c1-8-6-10-7-11(9-4-3-5-9)14-15(10)12(13-8)16-2/h6-7,9H,3-5H2,1-2H3. The van der Waals surface area contributed by atoms with E-state index in [-0.39, 0.29) is 0 Å². The van der Waals surface area contributed by atoms with Crippen LogP contribution in [0, 0.1) is 6.92 Å². The van der Waals surface area contributed by atoms with E-state index in [4.69, 9.17) is 0 Å². The van der Waals surface area contributed by atoms with Crippen molar-refractivity contribution in [3.8, 4) is 0 Å². The van der Waals surface area contributed by atoms with Crippen LogP contribution in [0.4, 0.5) is 0 Å². The van der Waals surface area contributed by atoms with Gasteiger partial charge in [0.15, 0.2) is 5.16 Å². The summed E-state index contributed by atoms with van der Waals surface area (Å²) in [5.41, 5.74) is 3.49. The molecule has 0 atom stereocenters. The van der Waals surface area contributed by atoms with Gasteiger partial charge in [0.05, 0.1) is 11.2 Å². The summed E-state index contributed by atoms with van der Waals surface area (Å²) < 4.78 is 1.98. The highest BCUT2D eigenvalue weighted by Gasteiger charge is 2.22. The zero-order valence-electron chi connectivity index (χ0n) is 9.60. The highest BCUT2D eigenvalue weighted by atomic mass is 32.2. The first-order valence-electron chi connectivity index (χ1n) is 5.69. The number of thioether (sulfide) groups is 1. The maximum absolute atomic E-state index is 4.68. The lowest BCUT2D eigenvalue weighted by Crippen LogP contribution is -2.09. The lowest BCUT2D eigenvalue weighted by atomic mass is 9.83. The third kappa shape index (κ3) is 1.52. The van der Waals surface area contributed by atoms with Gasteiger partial charge in [0, 0.05) is 11.6 Å². The summed E-state index contributed by atoms with van der Waals surface area (Å²) in [5.74, 6) is 0.690. The lowest BCUT2D eigenvalue weighted by Gasteiger charge is -2.22. The van der Waals surface area contributed by atoms with Crippen LogP contribution in [0.5, 0.6) is 0 Å². The molecule has 0 aromatic carbocycles. The second kappa shape index (κ2) is 3.77. The van der Waals surface area contributed by atoms with E-state index in [9.17, 15) is 0 Å². The number of fused-ring (bicyclic) bond motifs is 1. The average Bonchev–Trinajstić information content (AvgIpc) is 2.56. The number of aryl methyl sites for hydroxylation is 1. The van der Waals surface area contributed by atoms with Gasteiger partial charge in [0.2, 0.25) is 0 Å². The molecule has 1 fully saturated rings. The van der Waals surface area contributed by atoms with Crippen molar-refractivity contribution < 1.29 is 0 Å². The summed E-state index contributed by atoms with van der Waals surface area (Å²) >= 11 is 1.65. The SMILES string of the molecule is CSc1nc(C)cc2cc(C3CCC3)nn12. The van der Waals surface area contributed by atoms with Crippen molar-refractivity contribution in [2.24, 2.45) is 0 Å². The molecule has 2 heterocycles. The van der Waals surface area contributed by atoms with E-state index in [0.717, 1.165) is 10.9 Å². The van der Waals surface area contributed by atoms with Crippen molar-refractivity contribution in [2.45, 2.75) is 37.3 Å². The first-order chi connectivity index (χ1) is 7.78. The molecule has 16 heavy (non-hydrogen) atoms. The third-order valence-electron chi connectivity index (χ3n) is 3.27. The predicted molar refractivity (Wildman–Crippen MR) is 66.1 cm³/mol. The Morgan fingerprint density at radius 1 is 1.38 bits per heavy atom. The fourth-order valence-corrected chi connectivity index (χ4v) is 2.71. The monoisotopic (exact) mass is 233 g/mol. The molecule has 0 radical (unpaired) electrons. The first kappa shape index (κ1) is 10.1. The maximum atomic E-state index is 4.68. The third-order valence-corrected chi connectivity index (χ3v) is 3.90. The smallest absolute Gasteiger partial charge is 0.189 e. The topological polar surface area (TPSA) is 30.2 Å². The molecule has 0 bridgehead atoms. The number of nitrogens with zero attached hydrogens (tertiary/aromatic N) is 3. The Bertz CT molecular complexity index is 528. The molecule has 1 saturated carbocycles. The summed E-state index contributed by atoms with van der Waals surface area (Å²) in [7, 11) is 0. The van der Waals surface area contributed by atoms with Gasteiger partial charge >= 0.3 is 0 Å². The predicted octanol–water partition coefficient (Wildman–Crippen LogP) is 3.03. The van der Waals surface area contributed by atoms with E-state index < -0.39 is 0 Å². The Morgan fingerprint density at radius 2 is 2.19 bits per heavy atom. The van der Waals surface area contributed by atoms with Crippen LogP contribution in [0.15, 0.2) is 17.3 Å². The van der Waals surface area contributed by atoms with E-state index in [1.165, 1.54) is 30.5 Å². The van der Waals surface area contributed by atoms with Gasteiger partial charge in [-0.05, 0) is 38.2 Å². The van der Waals surface area contributed by atoms with Crippen LogP contribution in [0.3, 0.4) is 0 Å². The first-order valence-corrected chi connectivity index (χ1v) is 6.92. The highest BCUT2D eigenvalue weighted by Crippen LogP contribution is 2.36. The minimum atomic E-state index is 0.690. The van der Waals surface area contributed by atoms with Gasteiger partial charge in [-0.3, -0.25) is 0 Å². The van der Waals surface area contributed by atoms with Gasteiger partial charge < -0.3 is 0 Å². The Hall–Kier alpha value is -1.03. The van der Waals surface area contributed by atoms with Crippen LogP contribution in [-0.2, 0) is 0 Å². The molecule has 0 unspecified atom stereocenters. The summed E-state index contributed by atoms with van der Waals surface area (Å²) in [4.78, 5) is 4.50. The molecule has 2 aromatic rings. The number of hydrogen-bond donors (Lipinski definition) is 0. The number of hydrogen-bond acceptors (Lipinski definition) is 3. The van der Waals surface area contributed by atoms with Crippen molar-refractivity contribution in [3.63, 3.8) is 0 Å². The van der Waals surface area contributed by atoms with Crippen molar-refractivity contribution in [3.05, 3.63) is 23.5 Å². The van der Waals surface area contributed by atoms with Gasteiger partial charge in [-0.25, -0.2) is 9.50 Å². The average molecular weight is 233 g/mol. The largest absolute Gasteiger partial charge is 0.228 e. The van der Waals surface area contributed by atoms with E-state index in [2.05, 4.69) is 22.2 Å². The molecule has 0 spiro atoms. The molecule has 3 rings (SSSR count). The normalized spacial score (nSPS) is 16.6. The molecule has 0 N–H and O–H groups in total. The van der Waals surface area contributed by atoms with Crippen LogP contribution in [0.2, 0.25) is 0 Å². The minimum Gasteiger partial charge on any atom is -0.228 e. The Morgan fingerprint density at radius 3 is 2.81 bits per heavy atom. The van der Waals surface area contributed by atoms with Gasteiger partial charge in [-0.15, -0.1) is 0 Å². The zero-order chi connectivity index (χ0) is 11.1. The van der Waals surface area contributed by atoms with Gasteiger partial charge in [0.1, 0.15) is 0 Å². The summed E-state index contributed by atoms with van der Waals surface area (Å²) in [5, 5.41) is 5.67. The van der Waals surface area contributed by atoms with Crippen molar-refractivity contribution in [2.75, 3.05) is 6.26 Å². The maximum Gasteiger partial charge on any atom is 0.189 e. The van der Waals surface area contributed by atoms with Crippen LogP contribution in [0.1, 0.15) is 36.6 Å². The van der Waals surface area contributed by atoms with E-state index in [0.29, 0.717) is 5.92 Å². The quantitative estimate of drug-likeness (QED) is 0.590. The molecular weight excluding hydrogens is 218 g/mol. The second-order valence-corrected chi connectivity index (χ2v) is 5.19. The molecule has 0 aliphatic heterocycles. The van der Waals surface area contributed by atoms with Crippen LogP contribution < -0.4 is 0 Å². The van der Waals surface area contributed by atoms with Crippen molar-refractivity contribution in [1.29, 1.82) is 0 Å². The molecule has 0 saturated heterocycles. The Balaban J connectivity index is 2.15. The molecule has 2 aromatic heterocycles. The minimum absolute atomic E-state index is 0.690. The molecule has 4 heteroatoms. The van der Waals surface area contributed by atoms with Crippen LogP contribution >= 0.6 is 11.8 Å². The zero-order valence-corrected chi connectivity index (χ0v) is 10.4. The fourth-order valence-electron chi connectivity index (χ4n) is 2.15. The Labute approximate surface area is 99.3 Å². The Kier molecular flexibility index (Phi) is 2.39. The number of rotatable bonds is 2. The van der Waals surface area contributed by atoms with Crippen LogP contribution in [-0.4, -0.2) is 20.9 Å². The molecule has 84 valence electrons. The molecular formula is C12H15N3S. The summed E-state index contributed by atoms with van der Waals surface area (Å²) in [6, 6.07) is 4.33. The van der Waals surface area contributed by atoms with Gasteiger partial charge in [-0.2, -0.15) is 5.10 Å². The fraction of sp³-hybridized carbons (Fsp3) is 0.500. The highest BCUT2D eigenvalue weighted by molar-refractivity contribution is 7.98. The van der Waals surface area contributed by atoms with Crippen molar-refractivity contribution >= 4 is 17.3 Å². The van der Waals surface area contributed by atoms with Crippen LogP contribution in [0.25, 0.3) is 5.52 Å². The van der Waals surface area contributed by atoms with Gasteiger partial charge in [-0.1, -0.05) is 18.2 Å². The summed E-state index contributed by atoms with van der Waals surface area (Å²) in [6.45, 7) is 2.04. The van der Waals surface area contributed by atoms with Crippen molar-refractivity contribution in [1.82, 2.24) is 14.6 Å². The molecule has 1 aliphatic carbocycles.